The first-order valence-corrected chi connectivity index (χ1v) is 6.83. The van der Waals surface area contributed by atoms with Crippen LogP contribution in [0.5, 0.6) is 0 Å². The van der Waals surface area contributed by atoms with Crippen molar-refractivity contribution in [3.05, 3.63) is 63.9 Å². The molecule has 0 saturated carbocycles. The van der Waals surface area contributed by atoms with Gasteiger partial charge >= 0.3 is 5.97 Å². The molecule has 24 heavy (non-hydrogen) atoms. The number of nitrogens with zero attached hydrogens (tertiary/aromatic N) is 3. The van der Waals surface area contributed by atoms with Gasteiger partial charge in [-0.15, -0.1) is 10.2 Å². The summed E-state index contributed by atoms with van der Waals surface area (Å²) in [5.41, 5.74) is 0.810. The van der Waals surface area contributed by atoms with Gasteiger partial charge in [-0.3, -0.25) is 10.1 Å². The van der Waals surface area contributed by atoms with Crippen LogP contribution in [0.4, 0.5) is 5.69 Å². The molecular weight excluding hydrogens is 318 g/mol. The van der Waals surface area contributed by atoms with Crippen LogP contribution in [0.2, 0.25) is 0 Å². The van der Waals surface area contributed by atoms with Crippen LogP contribution in [0.1, 0.15) is 22.0 Å². The molecule has 0 aliphatic rings. The number of nitro groups is 1. The topological polar surface area (TPSA) is 122 Å². The van der Waals surface area contributed by atoms with Gasteiger partial charge in [0.15, 0.2) is 6.61 Å². The number of furan rings is 1. The number of carbonyl (C=O) groups is 1. The predicted octanol–water partition coefficient (Wildman–Crippen LogP) is 2.90. The molecule has 0 amide bonds. The van der Waals surface area contributed by atoms with Gasteiger partial charge in [-0.25, -0.2) is 4.79 Å². The average Bonchev–Trinajstić information content (AvgIpc) is 3.21. The lowest BCUT2D eigenvalue weighted by Crippen LogP contribution is -2.05. The van der Waals surface area contributed by atoms with Gasteiger partial charge in [-0.1, -0.05) is 0 Å². The Morgan fingerprint density at radius 2 is 2.00 bits per heavy atom. The largest absolute Gasteiger partial charge is 0.469 e. The summed E-state index contributed by atoms with van der Waals surface area (Å²) >= 11 is 0. The lowest BCUT2D eigenvalue weighted by molar-refractivity contribution is -0.384. The first-order valence-electron chi connectivity index (χ1n) is 6.83. The smallest absolute Gasteiger partial charge is 0.342 e. The van der Waals surface area contributed by atoms with E-state index in [1.54, 1.807) is 6.92 Å². The number of aryl methyl sites for hydroxylation is 1. The Morgan fingerprint density at radius 1 is 1.25 bits per heavy atom. The third-order valence-corrected chi connectivity index (χ3v) is 3.20. The van der Waals surface area contributed by atoms with E-state index in [0.29, 0.717) is 16.9 Å². The summed E-state index contributed by atoms with van der Waals surface area (Å²) in [4.78, 5) is 22.0. The molecule has 0 aliphatic carbocycles. The van der Waals surface area contributed by atoms with Crippen LogP contribution in [0.3, 0.4) is 0 Å². The molecule has 2 heterocycles. The van der Waals surface area contributed by atoms with Crippen molar-refractivity contribution in [3.8, 4) is 11.5 Å². The van der Waals surface area contributed by atoms with Crippen molar-refractivity contribution in [2.75, 3.05) is 0 Å². The highest BCUT2D eigenvalue weighted by Crippen LogP contribution is 2.21. The van der Waals surface area contributed by atoms with Crippen molar-refractivity contribution < 1.29 is 23.3 Å². The summed E-state index contributed by atoms with van der Waals surface area (Å²) in [5.74, 6) is 0.182. The number of benzene rings is 1. The highest BCUT2D eigenvalue weighted by atomic mass is 16.6. The summed E-state index contributed by atoms with van der Waals surface area (Å²) in [6, 6.07) is 7.17. The summed E-state index contributed by atoms with van der Waals surface area (Å²) < 4.78 is 15.5. The van der Waals surface area contributed by atoms with Crippen molar-refractivity contribution >= 4 is 11.7 Å². The minimum absolute atomic E-state index is 0.0390. The predicted molar refractivity (Wildman–Crippen MR) is 79.0 cm³/mol. The monoisotopic (exact) mass is 329 g/mol. The van der Waals surface area contributed by atoms with Crippen LogP contribution in [-0.4, -0.2) is 21.1 Å². The molecule has 3 rings (SSSR count). The molecule has 0 saturated heterocycles. The quantitative estimate of drug-likeness (QED) is 0.398. The van der Waals surface area contributed by atoms with E-state index >= 15 is 0 Å². The summed E-state index contributed by atoms with van der Waals surface area (Å²) in [7, 11) is 0. The Kier molecular flexibility index (Phi) is 4.06. The fourth-order valence-electron chi connectivity index (χ4n) is 1.96. The Balaban J connectivity index is 1.66. The molecule has 0 bridgehead atoms. The van der Waals surface area contributed by atoms with E-state index in [1.807, 2.05) is 0 Å². The third kappa shape index (κ3) is 3.14. The number of nitro benzene ring substituents is 1. The molecule has 122 valence electrons. The minimum Gasteiger partial charge on any atom is -0.469 e. The fraction of sp³-hybridized carbons (Fsp3) is 0.133. The highest BCUT2D eigenvalue weighted by molar-refractivity contribution is 5.90. The van der Waals surface area contributed by atoms with Gasteiger partial charge in [0.05, 0.1) is 11.2 Å². The molecule has 0 spiro atoms. The molecule has 0 unspecified atom stereocenters. The molecule has 9 heteroatoms. The third-order valence-electron chi connectivity index (χ3n) is 3.20. The van der Waals surface area contributed by atoms with Crippen LogP contribution in [0.25, 0.3) is 11.5 Å². The first kappa shape index (κ1) is 15.4. The van der Waals surface area contributed by atoms with E-state index in [9.17, 15) is 14.9 Å². The van der Waals surface area contributed by atoms with Crippen LogP contribution >= 0.6 is 0 Å². The second-order valence-corrected chi connectivity index (χ2v) is 4.77. The van der Waals surface area contributed by atoms with Crippen LogP contribution in [0, 0.1) is 17.0 Å². The normalized spacial score (nSPS) is 10.5. The maximum Gasteiger partial charge on any atom is 0.342 e. The molecule has 0 radical (unpaired) electrons. The lowest BCUT2D eigenvalue weighted by Gasteiger charge is -2.00. The number of esters is 1. The van der Waals surface area contributed by atoms with Gasteiger partial charge in [0.25, 0.3) is 11.6 Å². The summed E-state index contributed by atoms with van der Waals surface area (Å²) in [5, 5.41) is 18.2. The number of hydrogen-bond donors (Lipinski definition) is 0. The Bertz CT molecular complexity index is 881. The first-order chi connectivity index (χ1) is 11.5. The molecular formula is C15H11N3O6. The standard InChI is InChI=1S/C15H11N3O6/c1-9-12(6-7-22-9)15(19)23-8-13-16-17-14(24-13)10-2-4-11(5-3-10)18(20)21/h2-7H,8H2,1H3. The fourth-order valence-corrected chi connectivity index (χ4v) is 1.96. The van der Waals surface area contributed by atoms with Gasteiger partial charge < -0.3 is 13.6 Å². The number of hydrogen-bond acceptors (Lipinski definition) is 8. The molecule has 3 aromatic rings. The SMILES string of the molecule is Cc1occc1C(=O)OCc1nnc(-c2ccc([N+](=O)[O-])cc2)o1. The zero-order valence-electron chi connectivity index (χ0n) is 12.5. The second-order valence-electron chi connectivity index (χ2n) is 4.77. The Hall–Kier alpha value is -3.49. The number of aromatic nitrogens is 2. The molecule has 0 N–H and O–H groups in total. The van der Waals surface area contributed by atoms with Gasteiger partial charge in [-0.2, -0.15) is 0 Å². The lowest BCUT2D eigenvalue weighted by atomic mass is 10.2. The van der Waals surface area contributed by atoms with E-state index in [0.717, 1.165) is 0 Å². The Morgan fingerprint density at radius 3 is 2.62 bits per heavy atom. The maximum atomic E-state index is 11.8. The van der Waals surface area contributed by atoms with Crippen molar-refractivity contribution in [2.45, 2.75) is 13.5 Å². The molecule has 9 nitrogen and oxygen atoms in total. The average molecular weight is 329 g/mol. The van der Waals surface area contributed by atoms with E-state index < -0.39 is 10.9 Å². The summed E-state index contributed by atoms with van der Waals surface area (Å²) in [6.07, 6.45) is 1.39. The zero-order chi connectivity index (χ0) is 17.1. The number of ether oxygens (including phenoxy) is 1. The molecule has 0 atom stereocenters. The highest BCUT2D eigenvalue weighted by Gasteiger charge is 2.16. The number of rotatable bonds is 5. The van der Waals surface area contributed by atoms with E-state index in [4.69, 9.17) is 13.6 Å². The second kappa shape index (κ2) is 6.32. The van der Waals surface area contributed by atoms with Crippen LogP contribution < -0.4 is 0 Å². The van der Waals surface area contributed by atoms with E-state index in [1.165, 1.54) is 36.6 Å². The molecule has 2 aromatic heterocycles. The molecule has 0 aliphatic heterocycles. The number of non-ortho nitro benzene ring substituents is 1. The van der Waals surface area contributed by atoms with Crippen molar-refractivity contribution in [1.82, 2.24) is 10.2 Å². The van der Waals surface area contributed by atoms with Crippen molar-refractivity contribution in [2.24, 2.45) is 0 Å². The van der Waals surface area contributed by atoms with Crippen molar-refractivity contribution in [1.29, 1.82) is 0 Å². The summed E-state index contributed by atoms with van der Waals surface area (Å²) in [6.45, 7) is 1.46. The molecule has 0 fully saturated rings. The van der Waals surface area contributed by atoms with E-state index in [2.05, 4.69) is 10.2 Å². The molecule has 1 aromatic carbocycles. The maximum absolute atomic E-state index is 11.8. The van der Waals surface area contributed by atoms with Gasteiger partial charge in [0.2, 0.25) is 5.89 Å². The zero-order valence-corrected chi connectivity index (χ0v) is 12.5. The van der Waals surface area contributed by atoms with Crippen molar-refractivity contribution in [3.63, 3.8) is 0 Å². The van der Waals surface area contributed by atoms with Gasteiger partial charge in [0, 0.05) is 17.7 Å². The number of carbonyl (C=O) groups excluding carboxylic acids is 1. The minimum atomic E-state index is -0.559. The van der Waals surface area contributed by atoms with Gasteiger partial charge in [0.1, 0.15) is 11.3 Å². The van der Waals surface area contributed by atoms with E-state index in [-0.39, 0.29) is 24.1 Å². The van der Waals surface area contributed by atoms with Crippen LogP contribution in [0.15, 0.2) is 45.4 Å². The van der Waals surface area contributed by atoms with Crippen LogP contribution in [-0.2, 0) is 11.3 Å². The Labute approximate surface area is 135 Å². The van der Waals surface area contributed by atoms with Gasteiger partial charge in [-0.05, 0) is 25.1 Å².